The Hall–Kier alpha value is -0.0700. The molecule has 1 atom stereocenters. The van der Waals surface area contributed by atoms with Crippen molar-refractivity contribution in [2.45, 2.75) is 96.7 Å². The van der Waals surface area contributed by atoms with Crippen LogP contribution in [0.25, 0.3) is 0 Å². The van der Waals surface area contributed by atoms with Crippen LogP contribution in [0.3, 0.4) is 0 Å². The molecule has 6 heteroatoms. The molecule has 4 nitrogen and oxygen atoms in total. The molecule has 0 spiro atoms. The summed E-state index contributed by atoms with van der Waals surface area (Å²) in [7, 11) is -4.33. The van der Waals surface area contributed by atoms with Gasteiger partial charge in [-0.2, -0.15) is 0 Å². The molecule has 1 aromatic rings. The summed E-state index contributed by atoms with van der Waals surface area (Å²) in [4.78, 5) is 0. The summed E-state index contributed by atoms with van der Waals surface area (Å²) >= 11 is 0. The zero-order valence-corrected chi connectivity index (χ0v) is 21.2. The van der Waals surface area contributed by atoms with Crippen LogP contribution in [-0.2, 0) is 23.0 Å². The fourth-order valence-electron chi connectivity index (χ4n) is 3.32. The molecule has 28 heavy (non-hydrogen) atoms. The second-order valence-electron chi connectivity index (χ2n) is 7.35. The molecule has 1 unspecified atom stereocenters. The predicted octanol–water partition coefficient (Wildman–Crippen LogP) is 2.64. The molecule has 0 saturated carbocycles. The van der Waals surface area contributed by atoms with Gasteiger partial charge in [0.05, 0.1) is 5.25 Å². The molecule has 0 aromatic heterocycles. The Bertz CT molecular complexity index is 631. The summed E-state index contributed by atoms with van der Waals surface area (Å²) in [5, 5.41) is -0.987. The average Bonchev–Trinajstić information content (AvgIpc) is 2.63. The van der Waals surface area contributed by atoms with E-state index in [0.29, 0.717) is 0 Å². The van der Waals surface area contributed by atoms with Crippen molar-refractivity contribution in [3.63, 3.8) is 0 Å². The molecular formula is C22H37NaO4S. The number of unbranched alkanes of at least 4 members (excludes halogenated alkanes) is 6. The monoisotopic (exact) mass is 420 g/mol. The second-order valence-corrected chi connectivity index (χ2v) is 9.00. The number of hydrogen-bond acceptors (Lipinski definition) is 4. The van der Waals surface area contributed by atoms with Gasteiger partial charge in [0.15, 0.2) is 0 Å². The van der Waals surface area contributed by atoms with Crippen molar-refractivity contribution < 1.29 is 47.3 Å². The second kappa shape index (κ2) is 15.7. The molecule has 0 fully saturated rings. The zero-order chi connectivity index (χ0) is 20.1. The van der Waals surface area contributed by atoms with Crippen molar-refractivity contribution in [2.75, 3.05) is 6.61 Å². The maximum Gasteiger partial charge on any atom is 1.00 e. The Morgan fingerprint density at radius 3 is 2.07 bits per heavy atom. The van der Waals surface area contributed by atoms with Gasteiger partial charge in [-0.15, -0.1) is 0 Å². The van der Waals surface area contributed by atoms with Crippen LogP contribution in [0.5, 0.6) is 5.75 Å². The smallest absolute Gasteiger partial charge is 0.748 e. The quantitative estimate of drug-likeness (QED) is 0.249. The topological polar surface area (TPSA) is 66.4 Å². The maximum atomic E-state index is 11.3. The first kappa shape index (κ1) is 27.9. The van der Waals surface area contributed by atoms with Gasteiger partial charge in [-0.3, -0.25) is 0 Å². The van der Waals surface area contributed by atoms with Crippen LogP contribution in [-0.4, -0.2) is 24.8 Å². The van der Waals surface area contributed by atoms with E-state index in [-0.39, 0.29) is 42.6 Å². The minimum atomic E-state index is -4.33. The Morgan fingerprint density at radius 2 is 1.54 bits per heavy atom. The van der Waals surface area contributed by atoms with E-state index in [1.54, 1.807) is 6.92 Å². The van der Waals surface area contributed by atoms with Gasteiger partial charge < -0.3 is 9.29 Å². The van der Waals surface area contributed by atoms with E-state index >= 15 is 0 Å². The van der Waals surface area contributed by atoms with E-state index in [0.717, 1.165) is 31.4 Å². The maximum absolute atomic E-state index is 11.3. The van der Waals surface area contributed by atoms with E-state index in [9.17, 15) is 13.0 Å². The van der Waals surface area contributed by atoms with Crippen LogP contribution in [0.2, 0.25) is 0 Å². The van der Waals surface area contributed by atoms with Gasteiger partial charge in [-0.25, -0.2) is 8.42 Å². The summed E-state index contributed by atoms with van der Waals surface area (Å²) in [5.41, 5.74) is 2.50. The van der Waals surface area contributed by atoms with Crippen LogP contribution in [0.1, 0.15) is 89.7 Å². The van der Waals surface area contributed by atoms with E-state index < -0.39 is 15.4 Å². The Morgan fingerprint density at radius 1 is 0.929 bits per heavy atom. The molecule has 0 aliphatic carbocycles. The normalized spacial score (nSPS) is 12.4. The van der Waals surface area contributed by atoms with Gasteiger partial charge in [0.2, 0.25) is 0 Å². The molecule has 156 valence electrons. The summed E-state index contributed by atoms with van der Waals surface area (Å²) in [5.74, 6) is 0.751. The van der Waals surface area contributed by atoms with Gasteiger partial charge in [0, 0.05) is 0 Å². The third-order valence-electron chi connectivity index (χ3n) is 5.10. The van der Waals surface area contributed by atoms with Crippen molar-refractivity contribution in [3.05, 3.63) is 29.3 Å². The molecule has 0 N–H and O–H groups in total. The van der Waals surface area contributed by atoms with Gasteiger partial charge in [0.25, 0.3) is 0 Å². The number of hydrogen-bond donors (Lipinski definition) is 0. The first-order valence-electron chi connectivity index (χ1n) is 10.6. The third kappa shape index (κ3) is 10.6. The zero-order valence-electron chi connectivity index (χ0n) is 18.3. The van der Waals surface area contributed by atoms with E-state index in [4.69, 9.17) is 4.74 Å². The van der Waals surface area contributed by atoms with Crippen LogP contribution < -0.4 is 34.3 Å². The minimum Gasteiger partial charge on any atom is -0.748 e. The molecule has 0 aliphatic rings. The Balaban J connectivity index is 0.00000729. The van der Waals surface area contributed by atoms with Crippen LogP contribution >= 0.6 is 0 Å². The van der Waals surface area contributed by atoms with Gasteiger partial charge >= 0.3 is 29.6 Å². The van der Waals surface area contributed by atoms with Gasteiger partial charge in [-0.05, 0) is 49.3 Å². The van der Waals surface area contributed by atoms with Crippen molar-refractivity contribution in [3.8, 4) is 5.75 Å². The molecule has 0 amide bonds. The molecule has 0 saturated heterocycles. The van der Waals surface area contributed by atoms with E-state index in [1.807, 2.05) is 12.1 Å². The number of ether oxygens (including phenoxy) is 1. The summed E-state index contributed by atoms with van der Waals surface area (Å²) in [6, 6.07) is 6.05. The molecule has 0 aliphatic heterocycles. The van der Waals surface area contributed by atoms with Crippen LogP contribution in [0.4, 0.5) is 0 Å². The number of aryl methyl sites for hydroxylation is 1. The Labute approximate surface area is 194 Å². The molecular weight excluding hydrogens is 383 g/mol. The molecule has 1 rings (SSSR count). The fraction of sp³-hybridized carbons (Fsp3) is 0.727. The van der Waals surface area contributed by atoms with Crippen molar-refractivity contribution in [1.29, 1.82) is 0 Å². The molecule has 0 radical (unpaired) electrons. The standard InChI is InChI=1S/C22H38O4S.Na/c1-4-7-9-11-14-19-15-13-17-22(21(19)16-12-10-8-5-2)26-18-20(6-3)27(23,24)25;/h13,15,17,20H,4-12,14,16,18H2,1-3H3,(H,23,24,25);/q;+1/p-1. The summed E-state index contributed by atoms with van der Waals surface area (Å²) < 4.78 is 39.9. The summed E-state index contributed by atoms with van der Waals surface area (Å²) in [6.07, 6.45) is 11.8. The fourth-order valence-corrected chi connectivity index (χ4v) is 3.97. The minimum absolute atomic E-state index is 0. The van der Waals surface area contributed by atoms with E-state index in [1.165, 1.54) is 49.7 Å². The predicted molar refractivity (Wildman–Crippen MR) is 111 cm³/mol. The number of rotatable bonds is 15. The van der Waals surface area contributed by atoms with Gasteiger partial charge in [-0.1, -0.05) is 71.4 Å². The molecule has 1 aromatic carbocycles. The number of benzene rings is 1. The Kier molecular flexibility index (Phi) is 15.7. The SMILES string of the molecule is CCCCCCc1cccc(OCC(CC)S(=O)(=O)[O-])c1CCCCCC.[Na+]. The van der Waals surface area contributed by atoms with Crippen molar-refractivity contribution >= 4 is 10.1 Å². The van der Waals surface area contributed by atoms with Gasteiger partial charge in [0.1, 0.15) is 22.5 Å². The van der Waals surface area contributed by atoms with Crippen LogP contribution in [0.15, 0.2) is 18.2 Å². The third-order valence-corrected chi connectivity index (χ3v) is 6.38. The first-order valence-corrected chi connectivity index (χ1v) is 12.1. The molecule has 0 bridgehead atoms. The van der Waals surface area contributed by atoms with Crippen molar-refractivity contribution in [1.82, 2.24) is 0 Å². The molecule has 0 heterocycles. The average molecular weight is 421 g/mol. The van der Waals surface area contributed by atoms with Crippen molar-refractivity contribution in [2.24, 2.45) is 0 Å². The first-order chi connectivity index (χ1) is 12.9. The summed E-state index contributed by atoms with van der Waals surface area (Å²) in [6.45, 7) is 6.05. The largest absolute Gasteiger partial charge is 1.00 e. The van der Waals surface area contributed by atoms with E-state index in [2.05, 4.69) is 19.9 Å². The van der Waals surface area contributed by atoms with Crippen LogP contribution in [0, 0.1) is 0 Å².